The van der Waals surface area contributed by atoms with Crippen LogP contribution in [0, 0.1) is 0 Å². The molecule has 1 heterocycles. The Hall–Kier alpha value is -2.10. The van der Waals surface area contributed by atoms with Crippen LogP contribution in [0.1, 0.15) is 17.3 Å². The second-order valence-corrected chi connectivity index (χ2v) is 5.68. The van der Waals surface area contributed by atoms with Gasteiger partial charge in [-0.15, -0.1) is 0 Å². The summed E-state index contributed by atoms with van der Waals surface area (Å²) in [5.41, 5.74) is 2.39. The molecule has 2 aromatic carbocycles. The highest BCUT2D eigenvalue weighted by molar-refractivity contribution is 6.68. The molecule has 0 N–H and O–H groups in total. The van der Waals surface area contributed by atoms with Gasteiger partial charge >= 0.3 is 0 Å². The summed E-state index contributed by atoms with van der Waals surface area (Å²) in [4.78, 5) is 16.4. The molecular weight excluding hydrogens is 333 g/mol. The van der Waals surface area contributed by atoms with Gasteiger partial charge in [-0.1, -0.05) is 35.9 Å². The molecule has 3 rings (SSSR count). The Morgan fingerprint density at radius 1 is 1.17 bits per heavy atom. The van der Waals surface area contributed by atoms with E-state index in [2.05, 4.69) is 4.98 Å². The zero-order valence-electron chi connectivity index (χ0n) is 12.3. The molecule has 0 unspecified atom stereocenters. The number of halogens is 2. The van der Waals surface area contributed by atoms with Crippen molar-refractivity contribution in [2.45, 2.75) is 6.92 Å². The van der Waals surface area contributed by atoms with E-state index in [1.54, 1.807) is 24.3 Å². The van der Waals surface area contributed by atoms with Crippen molar-refractivity contribution in [2.75, 3.05) is 6.61 Å². The number of hydrogen-bond acceptors (Lipinski definition) is 3. The lowest BCUT2D eigenvalue weighted by atomic mass is 10.0. The first-order valence-electron chi connectivity index (χ1n) is 7.12. The van der Waals surface area contributed by atoms with Crippen LogP contribution in [0.2, 0.25) is 5.02 Å². The maximum absolute atomic E-state index is 11.8. The van der Waals surface area contributed by atoms with Crippen LogP contribution in [-0.2, 0) is 0 Å². The lowest BCUT2D eigenvalue weighted by Gasteiger charge is -2.10. The third-order valence-electron chi connectivity index (χ3n) is 3.44. The first-order valence-corrected chi connectivity index (χ1v) is 7.88. The molecule has 0 atom stereocenters. The molecule has 0 aliphatic rings. The summed E-state index contributed by atoms with van der Waals surface area (Å²) in [5, 5.41) is 0.577. The molecule has 5 heteroatoms. The number of aromatic nitrogens is 1. The predicted molar refractivity (Wildman–Crippen MR) is 93.5 cm³/mol. The third-order valence-corrected chi connectivity index (χ3v) is 3.95. The Kier molecular flexibility index (Phi) is 4.51. The normalized spacial score (nSPS) is 10.7. The van der Waals surface area contributed by atoms with Gasteiger partial charge in [-0.3, -0.25) is 4.79 Å². The van der Waals surface area contributed by atoms with Crippen molar-refractivity contribution < 1.29 is 9.53 Å². The van der Waals surface area contributed by atoms with E-state index in [1.807, 2.05) is 31.2 Å². The van der Waals surface area contributed by atoms with E-state index < -0.39 is 5.24 Å². The van der Waals surface area contributed by atoms with Gasteiger partial charge in [0.15, 0.2) is 0 Å². The maximum Gasteiger partial charge on any atom is 0.253 e. The summed E-state index contributed by atoms with van der Waals surface area (Å²) in [6.07, 6.45) is 0. The molecule has 0 bridgehead atoms. The van der Waals surface area contributed by atoms with Crippen molar-refractivity contribution >= 4 is 39.3 Å². The molecule has 0 saturated carbocycles. The second-order valence-electron chi connectivity index (χ2n) is 4.93. The van der Waals surface area contributed by atoms with Crippen molar-refractivity contribution in [3.63, 3.8) is 0 Å². The molecular formula is C18H13Cl2NO2. The predicted octanol–water partition coefficient (Wildman–Crippen LogP) is 5.33. The largest absolute Gasteiger partial charge is 0.494 e. The van der Waals surface area contributed by atoms with Crippen LogP contribution in [0.4, 0.5) is 0 Å². The van der Waals surface area contributed by atoms with Crippen LogP contribution in [-0.4, -0.2) is 16.8 Å². The highest BCUT2D eigenvalue weighted by atomic mass is 35.5. The average molecular weight is 346 g/mol. The van der Waals surface area contributed by atoms with E-state index >= 15 is 0 Å². The number of ether oxygens (including phenoxy) is 1. The lowest BCUT2D eigenvalue weighted by Crippen LogP contribution is -1.97. The molecule has 0 fully saturated rings. The first kappa shape index (κ1) is 15.8. The van der Waals surface area contributed by atoms with E-state index in [9.17, 15) is 4.79 Å². The summed E-state index contributed by atoms with van der Waals surface area (Å²) in [6, 6.07) is 14.5. The summed E-state index contributed by atoms with van der Waals surface area (Å²) in [5.74, 6) is 0.741. The molecule has 0 spiro atoms. The number of fused-ring (bicyclic) bond motifs is 1. The standard InChI is InChI=1S/C18H13Cl2NO2/c1-2-23-12-6-3-5-11(9-12)16-10-14(18(20)22)13-7-4-8-15(19)17(13)21-16/h3-10H,2H2,1H3. The van der Waals surface area contributed by atoms with Gasteiger partial charge in [-0.2, -0.15) is 0 Å². The van der Waals surface area contributed by atoms with Gasteiger partial charge in [-0.25, -0.2) is 4.98 Å². The summed E-state index contributed by atoms with van der Waals surface area (Å²) in [6.45, 7) is 2.50. The van der Waals surface area contributed by atoms with Crippen LogP contribution in [0.25, 0.3) is 22.2 Å². The molecule has 0 radical (unpaired) electrons. The van der Waals surface area contributed by atoms with Crippen LogP contribution in [0.5, 0.6) is 5.75 Å². The summed E-state index contributed by atoms with van der Waals surface area (Å²) < 4.78 is 5.51. The minimum absolute atomic E-state index is 0.385. The molecule has 0 aliphatic carbocycles. The van der Waals surface area contributed by atoms with Crippen molar-refractivity contribution in [2.24, 2.45) is 0 Å². The fourth-order valence-electron chi connectivity index (χ4n) is 2.44. The number of hydrogen-bond donors (Lipinski definition) is 0. The van der Waals surface area contributed by atoms with Gasteiger partial charge in [0.25, 0.3) is 5.24 Å². The minimum atomic E-state index is -0.540. The van der Waals surface area contributed by atoms with E-state index in [-0.39, 0.29) is 0 Å². The number of carbonyl (C=O) groups excluding carboxylic acids is 1. The van der Waals surface area contributed by atoms with Gasteiger partial charge in [0.1, 0.15) is 5.75 Å². The van der Waals surface area contributed by atoms with Gasteiger partial charge in [0.05, 0.1) is 22.8 Å². The van der Waals surface area contributed by atoms with Crippen LogP contribution >= 0.6 is 23.2 Å². The monoisotopic (exact) mass is 345 g/mol. The molecule has 0 amide bonds. The molecule has 3 nitrogen and oxygen atoms in total. The number of pyridine rings is 1. The van der Waals surface area contributed by atoms with Crippen LogP contribution in [0.3, 0.4) is 0 Å². The molecule has 23 heavy (non-hydrogen) atoms. The SMILES string of the molecule is CCOc1cccc(-c2cc(C(=O)Cl)c3cccc(Cl)c3n2)c1. The number of para-hydroxylation sites is 1. The van der Waals surface area contributed by atoms with E-state index in [0.717, 1.165) is 11.3 Å². The fraction of sp³-hybridized carbons (Fsp3) is 0.111. The van der Waals surface area contributed by atoms with Gasteiger partial charge in [0.2, 0.25) is 0 Å². The third kappa shape index (κ3) is 3.16. The van der Waals surface area contributed by atoms with Crippen molar-refractivity contribution in [3.05, 3.63) is 59.1 Å². The first-order chi connectivity index (χ1) is 11.1. The van der Waals surface area contributed by atoms with Gasteiger partial charge in [-0.05, 0) is 42.8 Å². The number of carbonyl (C=O) groups is 1. The number of nitrogens with zero attached hydrogens (tertiary/aromatic N) is 1. The second kappa shape index (κ2) is 6.57. The summed E-state index contributed by atoms with van der Waals surface area (Å²) in [7, 11) is 0. The molecule has 0 aliphatic heterocycles. The number of rotatable bonds is 4. The smallest absolute Gasteiger partial charge is 0.253 e. The van der Waals surface area contributed by atoms with Crippen molar-refractivity contribution in [1.29, 1.82) is 0 Å². The zero-order chi connectivity index (χ0) is 16.4. The molecule has 116 valence electrons. The van der Waals surface area contributed by atoms with Crippen molar-refractivity contribution in [1.82, 2.24) is 4.98 Å². The van der Waals surface area contributed by atoms with E-state index in [0.29, 0.717) is 33.8 Å². The number of benzene rings is 2. The van der Waals surface area contributed by atoms with Crippen LogP contribution in [0.15, 0.2) is 48.5 Å². The van der Waals surface area contributed by atoms with Gasteiger partial charge < -0.3 is 4.74 Å². The molecule has 0 saturated heterocycles. The average Bonchev–Trinajstić information content (AvgIpc) is 2.55. The van der Waals surface area contributed by atoms with E-state index in [4.69, 9.17) is 27.9 Å². The Balaban J connectivity index is 2.24. The Morgan fingerprint density at radius 2 is 1.96 bits per heavy atom. The molecule has 3 aromatic rings. The summed E-state index contributed by atoms with van der Waals surface area (Å²) >= 11 is 12.0. The quantitative estimate of drug-likeness (QED) is 0.599. The lowest BCUT2D eigenvalue weighted by molar-refractivity contribution is 0.108. The molecule has 1 aromatic heterocycles. The highest BCUT2D eigenvalue weighted by Crippen LogP contribution is 2.31. The topological polar surface area (TPSA) is 39.2 Å². The maximum atomic E-state index is 11.8. The highest BCUT2D eigenvalue weighted by Gasteiger charge is 2.14. The van der Waals surface area contributed by atoms with Crippen LogP contribution < -0.4 is 4.74 Å². The minimum Gasteiger partial charge on any atom is -0.494 e. The van der Waals surface area contributed by atoms with E-state index in [1.165, 1.54) is 0 Å². The fourth-order valence-corrected chi connectivity index (χ4v) is 2.81. The Labute approximate surface area is 143 Å². The van der Waals surface area contributed by atoms with Gasteiger partial charge in [0, 0.05) is 16.5 Å². The van der Waals surface area contributed by atoms with Crippen molar-refractivity contribution in [3.8, 4) is 17.0 Å². The zero-order valence-corrected chi connectivity index (χ0v) is 13.9. The Bertz CT molecular complexity index is 893. The Morgan fingerprint density at radius 3 is 2.70 bits per heavy atom.